The van der Waals surface area contributed by atoms with E-state index in [0.29, 0.717) is 17.9 Å². The molecule has 0 aliphatic heterocycles. The zero-order chi connectivity index (χ0) is 13.1. The van der Waals surface area contributed by atoms with E-state index in [2.05, 4.69) is 22.9 Å². The molecule has 94 valence electrons. The summed E-state index contributed by atoms with van der Waals surface area (Å²) < 4.78 is 0. The van der Waals surface area contributed by atoms with E-state index in [4.69, 9.17) is 0 Å². The van der Waals surface area contributed by atoms with Crippen molar-refractivity contribution >= 4 is 29.4 Å². The van der Waals surface area contributed by atoms with Crippen molar-refractivity contribution in [1.82, 2.24) is 10.3 Å². The second kappa shape index (κ2) is 5.40. The number of aryl methyl sites for hydroxylation is 2. The number of nitrogens with zero attached hydrogens (tertiary/aromatic N) is 1. The molecule has 0 aliphatic rings. The topological polar surface area (TPSA) is 42.0 Å². The molecule has 1 heterocycles. The summed E-state index contributed by atoms with van der Waals surface area (Å²) in [6.45, 7) is 4.45. The number of carbonyl (C=O) groups excluding carboxylic acids is 1. The SMILES string of the molecule is Cc1ccc2nc(C)c(C(=O)NCCS)cc2c1. The Morgan fingerprint density at radius 3 is 2.83 bits per heavy atom. The summed E-state index contributed by atoms with van der Waals surface area (Å²) in [4.78, 5) is 16.4. The van der Waals surface area contributed by atoms with E-state index < -0.39 is 0 Å². The molecule has 0 fully saturated rings. The highest BCUT2D eigenvalue weighted by atomic mass is 32.1. The van der Waals surface area contributed by atoms with Crippen LogP contribution in [0.15, 0.2) is 24.3 Å². The number of carbonyl (C=O) groups is 1. The van der Waals surface area contributed by atoms with Crippen LogP contribution in [-0.4, -0.2) is 23.2 Å². The van der Waals surface area contributed by atoms with Gasteiger partial charge in [-0.05, 0) is 32.0 Å². The van der Waals surface area contributed by atoms with Crippen LogP contribution in [0.5, 0.6) is 0 Å². The van der Waals surface area contributed by atoms with E-state index in [0.717, 1.165) is 22.2 Å². The van der Waals surface area contributed by atoms with Gasteiger partial charge < -0.3 is 5.32 Å². The fourth-order valence-electron chi connectivity index (χ4n) is 1.89. The second-order valence-electron chi connectivity index (χ2n) is 4.30. The van der Waals surface area contributed by atoms with Crippen molar-refractivity contribution in [2.24, 2.45) is 0 Å². The summed E-state index contributed by atoms with van der Waals surface area (Å²) in [7, 11) is 0. The Balaban J connectivity index is 2.44. The molecule has 1 aromatic carbocycles. The maximum absolute atomic E-state index is 12.0. The molecule has 0 unspecified atom stereocenters. The normalized spacial score (nSPS) is 10.6. The summed E-state index contributed by atoms with van der Waals surface area (Å²) in [6.07, 6.45) is 0. The van der Waals surface area contributed by atoms with E-state index in [1.54, 1.807) is 0 Å². The van der Waals surface area contributed by atoms with Gasteiger partial charge in [-0.2, -0.15) is 12.6 Å². The Labute approximate surface area is 112 Å². The van der Waals surface area contributed by atoms with Crippen LogP contribution >= 0.6 is 12.6 Å². The van der Waals surface area contributed by atoms with E-state index >= 15 is 0 Å². The van der Waals surface area contributed by atoms with Gasteiger partial charge in [0, 0.05) is 17.7 Å². The number of nitrogens with one attached hydrogen (secondary N) is 1. The first-order valence-corrected chi connectivity index (χ1v) is 6.52. The third-order valence-electron chi connectivity index (χ3n) is 2.80. The van der Waals surface area contributed by atoms with Crippen molar-refractivity contribution in [3.8, 4) is 0 Å². The molecule has 0 spiro atoms. The highest BCUT2D eigenvalue weighted by Gasteiger charge is 2.10. The average Bonchev–Trinajstić information content (AvgIpc) is 2.35. The average molecular weight is 260 g/mol. The summed E-state index contributed by atoms with van der Waals surface area (Å²) in [5, 5.41) is 3.81. The van der Waals surface area contributed by atoms with Crippen LogP contribution in [0.4, 0.5) is 0 Å². The molecule has 1 N–H and O–H groups in total. The highest BCUT2D eigenvalue weighted by Crippen LogP contribution is 2.18. The molecule has 2 rings (SSSR count). The van der Waals surface area contributed by atoms with Crippen LogP contribution in [0.25, 0.3) is 10.9 Å². The molecular formula is C14H16N2OS. The number of pyridine rings is 1. The molecule has 0 radical (unpaired) electrons. The number of aromatic nitrogens is 1. The molecule has 0 saturated heterocycles. The van der Waals surface area contributed by atoms with Gasteiger partial charge in [0.1, 0.15) is 0 Å². The first-order chi connectivity index (χ1) is 8.61. The first-order valence-electron chi connectivity index (χ1n) is 5.89. The van der Waals surface area contributed by atoms with E-state index in [1.165, 1.54) is 0 Å². The summed E-state index contributed by atoms with van der Waals surface area (Å²) in [5.41, 5.74) is 3.47. The molecule has 0 bridgehead atoms. The minimum absolute atomic E-state index is 0.0857. The monoisotopic (exact) mass is 260 g/mol. The summed E-state index contributed by atoms with van der Waals surface area (Å²) >= 11 is 4.08. The maximum Gasteiger partial charge on any atom is 0.253 e. The molecule has 18 heavy (non-hydrogen) atoms. The van der Waals surface area contributed by atoms with Crippen LogP contribution in [0, 0.1) is 13.8 Å². The molecule has 1 amide bonds. The summed E-state index contributed by atoms with van der Waals surface area (Å²) in [5.74, 6) is 0.544. The lowest BCUT2D eigenvalue weighted by atomic mass is 10.1. The van der Waals surface area contributed by atoms with Crippen LogP contribution in [0.3, 0.4) is 0 Å². The van der Waals surface area contributed by atoms with Gasteiger partial charge in [-0.25, -0.2) is 0 Å². The van der Waals surface area contributed by atoms with E-state index in [9.17, 15) is 4.79 Å². The van der Waals surface area contributed by atoms with Gasteiger partial charge in [0.25, 0.3) is 5.91 Å². The van der Waals surface area contributed by atoms with E-state index in [1.807, 2.05) is 38.1 Å². The third kappa shape index (κ3) is 2.64. The van der Waals surface area contributed by atoms with Crippen LogP contribution in [0.1, 0.15) is 21.6 Å². The fraction of sp³-hybridized carbons (Fsp3) is 0.286. The van der Waals surface area contributed by atoms with Crippen molar-refractivity contribution in [2.45, 2.75) is 13.8 Å². The zero-order valence-electron chi connectivity index (χ0n) is 10.5. The standard InChI is InChI=1S/C14H16N2OS/c1-9-3-4-13-11(7-9)8-12(10(2)16-13)14(17)15-5-6-18/h3-4,7-8,18H,5-6H2,1-2H3,(H,15,17). The Kier molecular flexibility index (Phi) is 3.87. The van der Waals surface area contributed by atoms with Crippen LogP contribution < -0.4 is 5.32 Å². The summed E-state index contributed by atoms with van der Waals surface area (Å²) in [6, 6.07) is 7.94. The van der Waals surface area contributed by atoms with Gasteiger partial charge in [0.05, 0.1) is 16.8 Å². The van der Waals surface area contributed by atoms with E-state index in [-0.39, 0.29) is 5.91 Å². The number of amides is 1. The van der Waals surface area contributed by atoms with Crippen molar-refractivity contribution < 1.29 is 4.79 Å². The number of thiol groups is 1. The van der Waals surface area contributed by atoms with Crippen LogP contribution in [0.2, 0.25) is 0 Å². The molecule has 3 nitrogen and oxygen atoms in total. The Bertz CT molecular complexity index is 596. The smallest absolute Gasteiger partial charge is 0.253 e. The van der Waals surface area contributed by atoms with Gasteiger partial charge >= 0.3 is 0 Å². The second-order valence-corrected chi connectivity index (χ2v) is 4.74. The lowest BCUT2D eigenvalue weighted by Gasteiger charge is -2.08. The van der Waals surface area contributed by atoms with Crippen LogP contribution in [-0.2, 0) is 0 Å². The Morgan fingerprint density at radius 2 is 2.11 bits per heavy atom. The zero-order valence-corrected chi connectivity index (χ0v) is 11.4. The maximum atomic E-state index is 12.0. The third-order valence-corrected chi connectivity index (χ3v) is 3.03. The number of rotatable bonds is 3. The Hall–Kier alpha value is -1.55. The minimum Gasteiger partial charge on any atom is -0.351 e. The number of benzene rings is 1. The van der Waals surface area contributed by atoms with Crippen molar-refractivity contribution in [3.05, 3.63) is 41.1 Å². The van der Waals surface area contributed by atoms with Gasteiger partial charge in [-0.1, -0.05) is 11.6 Å². The first kappa shape index (κ1) is 12.9. The highest BCUT2D eigenvalue weighted by molar-refractivity contribution is 7.80. The predicted octanol–water partition coefficient (Wildman–Crippen LogP) is 2.51. The molecule has 4 heteroatoms. The van der Waals surface area contributed by atoms with Crippen molar-refractivity contribution in [3.63, 3.8) is 0 Å². The van der Waals surface area contributed by atoms with Gasteiger partial charge in [-0.3, -0.25) is 9.78 Å². The number of fused-ring (bicyclic) bond motifs is 1. The van der Waals surface area contributed by atoms with Crippen molar-refractivity contribution in [1.29, 1.82) is 0 Å². The Morgan fingerprint density at radius 1 is 1.33 bits per heavy atom. The molecule has 0 atom stereocenters. The van der Waals surface area contributed by atoms with Gasteiger partial charge in [0.15, 0.2) is 0 Å². The minimum atomic E-state index is -0.0857. The molecular weight excluding hydrogens is 244 g/mol. The molecule has 1 aromatic heterocycles. The quantitative estimate of drug-likeness (QED) is 0.833. The number of hydrogen-bond acceptors (Lipinski definition) is 3. The fourth-order valence-corrected chi connectivity index (χ4v) is 2.00. The van der Waals surface area contributed by atoms with Gasteiger partial charge in [0.2, 0.25) is 0 Å². The predicted molar refractivity (Wildman–Crippen MR) is 77.4 cm³/mol. The van der Waals surface area contributed by atoms with Crippen molar-refractivity contribution in [2.75, 3.05) is 12.3 Å². The lowest BCUT2D eigenvalue weighted by molar-refractivity contribution is 0.0955. The number of hydrogen-bond donors (Lipinski definition) is 2. The lowest BCUT2D eigenvalue weighted by Crippen LogP contribution is -2.26. The molecule has 2 aromatic rings. The largest absolute Gasteiger partial charge is 0.351 e. The molecule has 0 aliphatic carbocycles. The molecule has 0 saturated carbocycles. The van der Waals surface area contributed by atoms with Gasteiger partial charge in [-0.15, -0.1) is 0 Å².